The predicted molar refractivity (Wildman–Crippen MR) is 108 cm³/mol. The van der Waals surface area contributed by atoms with Crippen molar-refractivity contribution >= 4 is 38.6 Å². The first-order valence-electron chi connectivity index (χ1n) is 8.37. The summed E-state index contributed by atoms with van der Waals surface area (Å²) in [7, 11) is 0. The second-order valence-corrected chi connectivity index (χ2v) is 6.99. The lowest BCUT2D eigenvalue weighted by molar-refractivity contribution is -0.116. The van der Waals surface area contributed by atoms with Crippen molar-refractivity contribution in [2.45, 2.75) is 6.54 Å². The fraction of sp³-hybridized carbons (Fsp3) is 0.0476. The summed E-state index contributed by atoms with van der Waals surface area (Å²) >= 11 is 3.43. The zero-order valence-corrected chi connectivity index (χ0v) is 15.8. The van der Waals surface area contributed by atoms with Gasteiger partial charge >= 0.3 is 0 Å². The number of carbonyl (C=O) groups is 1. The van der Waals surface area contributed by atoms with Gasteiger partial charge in [-0.2, -0.15) is 0 Å². The molecule has 0 atom stereocenters. The number of aromatic nitrogens is 2. The molecule has 1 amide bonds. The summed E-state index contributed by atoms with van der Waals surface area (Å²) in [5.74, 6) is 0.0663. The number of nitrogens with zero attached hydrogens (tertiary/aromatic N) is 2. The third kappa shape index (κ3) is 3.75. The van der Waals surface area contributed by atoms with Crippen LogP contribution in [0.5, 0.6) is 0 Å². The van der Waals surface area contributed by atoms with Crippen LogP contribution in [0.4, 0.5) is 10.1 Å². The second-order valence-electron chi connectivity index (χ2n) is 6.08. The number of carbonyl (C=O) groups excluding carboxylic acids is 1. The van der Waals surface area contributed by atoms with Crippen molar-refractivity contribution in [2.75, 3.05) is 5.32 Å². The lowest BCUT2D eigenvalue weighted by atomic mass is 10.2. The van der Waals surface area contributed by atoms with Crippen LogP contribution in [-0.4, -0.2) is 15.5 Å². The number of rotatable bonds is 4. The number of hydrogen-bond acceptors (Lipinski definition) is 2. The number of hydrogen-bond donors (Lipinski definition) is 1. The van der Waals surface area contributed by atoms with Gasteiger partial charge in [0.2, 0.25) is 5.91 Å². The van der Waals surface area contributed by atoms with Gasteiger partial charge in [0.25, 0.3) is 0 Å². The predicted octanol–water partition coefficient (Wildman–Crippen LogP) is 5.24. The molecule has 6 heteroatoms. The normalized spacial score (nSPS) is 10.9. The van der Waals surface area contributed by atoms with Crippen LogP contribution in [0.1, 0.15) is 0 Å². The highest BCUT2D eigenvalue weighted by Gasteiger charge is 2.15. The maximum Gasteiger partial charge on any atom is 0.244 e. The average Bonchev–Trinajstić information content (AvgIpc) is 3.01. The molecule has 1 heterocycles. The van der Waals surface area contributed by atoms with Crippen LogP contribution in [0, 0.1) is 5.82 Å². The summed E-state index contributed by atoms with van der Waals surface area (Å²) in [6.45, 7) is 0.0718. The Balaban J connectivity index is 1.70. The Kier molecular flexibility index (Phi) is 4.73. The van der Waals surface area contributed by atoms with E-state index in [9.17, 15) is 9.18 Å². The monoisotopic (exact) mass is 423 g/mol. The molecular weight excluding hydrogens is 409 g/mol. The highest BCUT2D eigenvalue weighted by atomic mass is 79.9. The van der Waals surface area contributed by atoms with Gasteiger partial charge < -0.3 is 9.88 Å². The minimum atomic E-state index is -0.392. The Hall–Kier alpha value is -2.99. The fourth-order valence-corrected chi connectivity index (χ4v) is 3.23. The van der Waals surface area contributed by atoms with Gasteiger partial charge in [0.15, 0.2) is 0 Å². The molecule has 0 unspecified atom stereocenters. The quantitative estimate of drug-likeness (QED) is 0.487. The summed E-state index contributed by atoms with van der Waals surface area (Å²) in [5, 5.41) is 2.74. The van der Waals surface area contributed by atoms with Crippen molar-refractivity contribution in [1.29, 1.82) is 0 Å². The zero-order chi connectivity index (χ0) is 18.8. The molecule has 0 bridgehead atoms. The van der Waals surface area contributed by atoms with E-state index in [-0.39, 0.29) is 12.5 Å². The molecule has 1 aromatic heterocycles. The molecule has 0 aliphatic heterocycles. The zero-order valence-electron chi connectivity index (χ0n) is 14.2. The molecule has 0 aliphatic rings. The van der Waals surface area contributed by atoms with Crippen molar-refractivity contribution in [2.24, 2.45) is 0 Å². The van der Waals surface area contributed by atoms with E-state index < -0.39 is 5.82 Å². The summed E-state index contributed by atoms with van der Waals surface area (Å²) in [6, 6.07) is 21.3. The Bertz CT molecular complexity index is 1120. The fourth-order valence-electron chi connectivity index (χ4n) is 2.97. The lowest BCUT2D eigenvalue weighted by Crippen LogP contribution is -2.19. The van der Waals surface area contributed by atoms with Crippen LogP contribution >= 0.6 is 15.9 Å². The van der Waals surface area contributed by atoms with E-state index in [4.69, 9.17) is 4.98 Å². The molecule has 1 N–H and O–H groups in total. The topological polar surface area (TPSA) is 46.9 Å². The van der Waals surface area contributed by atoms with Crippen molar-refractivity contribution in [3.63, 3.8) is 0 Å². The van der Waals surface area contributed by atoms with E-state index in [0.717, 1.165) is 21.1 Å². The lowest BCUT2D eigenvalue weighted by Gasteiger charge is -2.10. The molecular formula is C21H15BrFN3O. The van der Waals surface area contributed by atoms with Crippen molar-refractivity contribution in [3.05, 3.63) is 83.1 Å². The van der Waals surface area contributed by atoms with Crippen molar-refractivity contribution < 1.29 is 9.18 Å². The van der Waals surface area contributed by atoms with E-state index in [2.05, 4.69) is 21.2 Å². The van der Waals surface area contributed by atoms with E-state index in [1.807, 2.05) is 53.1 Å². The first-order chi connectivity index (χ1) is 13.1. The van der Waals surface area contributed by atoms with Gasteiger partial charge in [0, 0.05) is 15.7 Å². The molecule has 0 saturated carbocycles. The van der Waals surface area contributed by atoms with E-state index in [1.54, 1.807) is 12.1 Å². The van der Waals surface area contributed by atoms with Crippen LogP contribution in [0.25, 0.3) is 22.4 Å². The first kappa shape index (κ1) is 17.4. The van der Waals surface area contributed by atoms with Crippen LogP contribution in [0.3, 0.4) is 0 Å². The van der Waals surface area contributed by atoms with Crippen LogP contribution < -0.4 is 5.32 Å². The first-order valence-corrected chi connectivity index (χ1v) is 9.16. The Morgan fingerprint density at radius 3 is 2.59 bits per heavy atom. The molecule has 0 aliphatic carbocycles. The number of benzene rings is 3. The maximum atomic E-state index is 13.4. The Labute approximate surface area is 163 Å². The number of amides is 1. The smallest absolute Gasteiger partial charge is 0.244 e. The van der Waals surface area contributed by atoms with Gasteiger partial charge in [-0.25, -0.2) is 9.37 Å². The summed E-state index contributed by atoms with van der Waals surface area (Å²) < 4.78 is 16.2. The third-order valence-electron chi connectivity index (χ3n) is 4.17. The molecule has 0 radical (unpaired) electrons. The minimum absolute atomic E-state index is 0.0718. The molecule has 0 fully saturated rings. The number of halogens is 2. The van der Waals surface area contributed by atoms with Gasteiger partial charge in [-0.3, -0.25) is 4.79 Å². The third-order valence-corrected chi connectivity index (χ3v) is 4.70. The number of anilines is 1. The average molecular weight is 424 g/mol. The van der Waals surface area contributed by atoms with Crippen LogP contribution in [0.15, 0.2) is 77.3 Å². The molecule has 0 spiro atoms. The molecule has 4 aromatic rings. The van der Waals surface area contributed by atoms with Crippen molar-refractivity contribution in [3.8, 4) is 11.4 Å². The molecule has 0 saturated heterocycles. The SMILES string of the molecule is O=C(Cn1c(-c2ccc(Br)cc2)nc2ccccc21)Nc1cccc(F)c1. The summed E-state index contributed by atoms with van der Waals surface area (Å²) in [6.07, 6.45) is 0. The largest absolute Gasteiger partial charge is 0.324 e. The summed E-state index contributed by atoms with van der Waals surface area (Å²) in [4.78, 5) is 17.3. The van der Waals surface area contributed by atoms with E-state index >= 15 is 0 Å². The highest BCUT2D eigenvalue weighted by Crippen LogP contribution is 2.26. The molecule has 4 rings (SSSR count). The van der Waals surface area contributed by atoms with Gasteiger partial charge in [-0.05, 0) is 42.5 Å². The number of imidazole rings is 1. The molecule has 4 nitrogen and oxygen atoms in total. The minimum Gasteiger partial charge on any atom is -0.324 e. The van der Waals surface area contributed by atoms with E-state index in [1.165, 1.54) is 12.1 Å². The van der Waals surface area contributed by atoms with Gasteiger partial charge in [-0.1, -0.05) is 46.3 Å². The standard InChI is InChI=1S/C21H15BrFN3O/c22-15-10-8-14(9-11-15)21-25-18-6-1-2-7-19(18)26(21)13-20(27)24-17-5-3-4-16(23)12-17/h1-12H,13H2,(H,24,27). The second kappa shape index (κ2) is 7.32. The number of fused-ring (bicyclic) bond motifs is 1. The number of nitrogens with one attached hydrogen (secondary N) is 1. The van der Waals surface area contributed by atoms with Crippen molar-refractivity contribution in [1.82, 2.24) is 9.55 Å². The van der Waals surface area contributed by atoms with Gasteiger partial charge in [-0.15, -0.1) is 0 Å². The van der Waals surface area contributed by atoms with Crippen LogP contribution in [0.2, 0.25) is 0 Å². The molecule has 3 aromatic carbocycles. The summed E-state index contributed by atoms with van der Waals surface area (Å²) in [5.41, 5.74) is 3.02. The van der Waals surface area contributed by atoms with Gasteiger partial charge in [0.05, 0.1) is 11.0 Å². The molecule has 134 valence electrons. The van der Waals surface area contributed by atoms with Gasteiger partial charge in [0.1, 0.15) is 18.2 Å². The van der Waals surface area contributed by atoms with E-state index in [0.29, 0.717) is 11.5 Å². The Morgan fingerprint density at radius 1 is 1.04 bits per heavy atom. The number of para-hydroxylation sites is 2. The molecule has 27 heavy (non-hydrogen) atoms. The highest BCUT2D eigenvalue weighted by molar-refractivity contribution is 9.10. The Morgan fingerprint density at radius 2 is 1.81 bits per heavy atom. The maximum absolute atomic E-state index is 13.4. The van der Waals surface area contributed by atoms with Crippen LogP contribution in [-0.2, 0) is 11.3 Å².